The van der Waals surface area contributed by atoms with Crippen LogP contribution in [0.25, 0.3) is 11.1 Å². The smallest absolute Gasteiger partial charge is 0.211 e. The van der Waals surface area contributed by atoms with Crippen LogP contribution in [0.15, 0.2) is 42.5 Å². The van der Waals surface area contributed by atoms with Crippen molar-refractivity contribution in [1.82, 2.24) is 10.6 Å². The van der Waals surface area contributed by atoms with Crippen LogP contribution in [-0.2, 0) is 11.3 Å². The van der Waals surface area contributed by atoms with E-state index in [0.29, 0.717) is 30.6 Å². The predicted octanol–water partition coefficient (Wildman–Crippen LogP) is 3.68. The van der Waals surface area contributed by atoms with Gasteiger partial charge in [0.15, 0.2) is 0 Å². The van der Waals surface area contributed by atoms with Gasteiger partial charge in [-0.2, -0.15) is 0 Å². The molecule has 1 saturated carbocycles. The molecule has 1 aliphatic carbocycles. The Balaban J connectivity index is 1.65. The quantitative estimate of drug-likeness (QED) is 0.664. The van der Waals surface area contributed by atoms with Crippen molar-refractivity contribution in [3.8, 4) is 11.1 Å². The molecule has 5 heteroatoms. The molecule has 0 atom stereocenters. The largest absolute Gasteiger partial charge is 0.329 e. The fourth-order valence-corrected chi connectivity index (χ4v) is 3.56. The van der Waals surface area contributed by atoms with E-state index >= 15 is 0 Å². The highest BCUT2D eigenvalue weighted by Crippen LogP contribution is 2.24. The maximum Gasteiger partial charge on any atom is 0.211 e. The number of rotatable bonds is 7. The molecule has 0 heterocycles. The standard InChI is InChI=1S/C21H26FN3O/c1-23-18-7-9-19(10-8-18)24-13-17-12-16(4-11-21(17)22)15-2-5-20(6-3-15)25-14-26/h2-6,11-12,14,18-19,23-24H,7-10,13H2,1H3,(H,25,26)/t18-,19-. The predicted molar refractivity (Wildman–Crippen MR) is 103 cm³/mol. The van der Waals surface area contributed by atoms with Crippen LogP contribution in [0.1, 0.15) is 31.2 Å². The van der Waals surface area contributed by atoms with E-state index in [1.807, 2.05) is 37.4 Å². The highest BCUT2D eigenvalue weighted by Gasteiger charge is 2.19. The zero-order chi connectivity index (χ0) is 18.4. The summed E-state index contributed by atoms with van der Waals surface area (Å²) in [6.45, 7) is 0.541. The first-order valence-corrected chi connectivity index (χ1v) is 9.19. The Bertz CT molecular complexity index is 725. The average Bonchev–Trinajstić information content (AvgIpc) is 2.69. The van der Waals surface area contributed by atoms with E-state index in [2.05, 4.69) is 16.0 Å². The van der Waals surface area contributed by atoms with Crippen LogP contribution in [-0.4, -0.2) is 25.5 Å². The van der Waals surface area contributed by atoms with E-state index in [-0.39, 0.29) is 5.82 Å². The van der Waals surface area contributed by atoms with E-state index in [1.165, 1.54) is 6.07 Å². The second-order valence-electron chi connectivity index (χ2n) is 6.86. The number of nitrogens with one attached hydrogen (secondary N) is 3. The minimum absolute atomic E-state index is 0.176. The summed E-state index contributed by atoms with van der Waals surface area (Å²) < 4.78 is 14.2. The van der Waals surface area contributed by atoms with Crippen molar-refractivity contribution in [3.63, 3.8) is 0 Å². The molecule has 2 aromatic carbocycles. The molecule has 4 nitrogen and oxygen atoms in total. The number of benzene rings is 2. The Labute approximate surface area is 154 Å². The first-order chi connectivity index (χ1) is 12.7. The summed E-state index contributed by atoms with van der Waals surface area (Å²) in [4.78, 5) is 10.5. The molecule has 2 aromatic rings. The molecule has 1 aliphatic rings. The van der Waals surface area contributed by atoms with Crippen molar-refractivity contribution in [2.24, 2.45) is 0 Å². The van der Waals surface area contributed by atoms with Crippen LogP contribution in [0.2, 0.25) is 0 Å². The van der Waals surface area contributed by atoms with E-state index in [4.69, 9.17) is 0 Å². The van der Waals surface area contributed by atoms with Gasteiger partial charge in [0, 0.05) is 29.9 Å². The van der Waals surface area contributed by atoms with Gasteiger partial charge in [0.1, 0.15) is 5.82 Å². The van der Waals surface area contributed by atoms with Crippen molar-refractivity contribution >= 4 is 12.1 Å². The number of carbonyl (C=O) groups is 1. The Kier molecular flexibility index (Phi) is 6.36. The molecule has 1 fully saturated rings. The van der Waals surface area contributed by atoms with Gasteiger partial charge in [0.05, 0.1) is 0 Å². The molecule has 3 N–H and O–H groups in total. The number of hydrogen-bond acceptors (Lipinski definition) is 3. The van der Waals surface area contributed by atoms with Gasteiger partial charge in [-0.15, -0.1) is 0 Å². The van der Waals surface area contributed by atoms with Crippen molar-refractivity contribution in [1.29, 1.82) is 0 Å². The summed E-state index contributed by atoms with van der Waals surface area (Å²) >= 11 is 0. The molecule has 1 amide bonds. The second-order valence-corrected chi connectivity index (χ2v) is 6.86. The lowest BCUT2D eigenvalue weighted by atomic mass is 9.91. The molecule has 0 unspecified atom stereocenters. The van der Waals surface area contributed by atoms with Crippen molar-refractivity contribution in [2.75, 3.05) is 12.4 Å². The topological polar surface area (TPSA) is 53.2 Å². The van der Waals surface area contributed by atoms with E-state index in [9.17, 15) is 9.18 Å². The van der Waals surface area contributed by atoms with Gasteiger partial charge in [0.2, 0.25) is 6.41 Å². The van der Waals surface area contributed by atoms with Gasteiger partial charge in [-0.05, 0) is 68.1 Å². The molecule has 0 spiro atoms. The third-order valence-corrected chi connectivity index (χ3v) is 5.21. The fraction of sp³-hybridized carbons (Fsp3) is 0.381. The summed E-state index contributed by atoms with van der Waals surface area (Å²) in [6, 6.07) is 13.8. The number of carbonyl (C=O) groups excluding carboxylic acids is 1. The molecule has 0 aromatic heterocycles. The molecule has 0 aliphatic heterocycles. The molecule has 0 radical (unpaired) electrons. The first-order valence-electron chi connectivity index (χ1n) is 9.19. The van der Waals surface area contributed by atoms with E-state index in [1.54, 1.807) is 6.07 Å². The number of hydrogen-bond donors (Lipinski definition) is 3. The lowest BCUT2D eigenvalue weighted by Gasteiger charge is -2.29. The Morgan fingerprint density at radius 1 is 1.00 bits per heavy atom. The average molecular weight is 355 g/mol. The van der Waals surface area contributed by atoms with Gasteiger partial charge in [0.25, 0.3) is 0 Å². The molecular weight excluding hydrogens is 329 g/mol. The van der Waals surface area contributed by atoms with Gasteiger partial charge in [-0.1, -0.05) is 18.2 Å². The SMILES string of the molecule is CN[C@H]1CC[C@H](NCc2cc(-c3ccc(NC=O)cc3)ccc2F)CC1. The van der Waals surface area contributed by atoms with Gasteiger partial charge < -0.3 is 16.0 Å². The number of anilines is 1. The number of amides is 1. The molecular formula is C21H26FN3O. The highest BCUT2D eigenvalue weighted by atomic mass is 19.1. The zero-order valence-electron chi connectivity index (χ0n) is 15.1. The van der Waals surface area contributed by atoms with Crippen LogP contribution in [0.3, 0.4) is 0 Å². The fourth-order valence-electron chi connectivity index (χ4n) is 3.56. The molecule has 3 rings (SSSR count). The van der Waals surface area contributed by atoms with E-state index in [0.717, 1.165) is 42.5 Å². The Morgan fingerprint density at radius 2 is 1.65 bits per heavy atom. The molecule has 0 bridgehead atoms. The van der Waals surface area contributed by atoms with Gasteiger partial charge in [-0.3, -0.25) is 4.79 Å². The third-order valence-electron chi connectivity index (χ3n) is 5.21. The lowest BCUT2D eigenvalue weighted by Crippen LogP contribution is -2.38. The van der Waals surface area contributed by atoms with E-state index < -0.39 is 0 Å². The van der Waals surface area contributed by atoms with Crippen LogP contribution in [0, 0.1) is 5.82 Å². The summed E-state index contributed by atoms with van der Waals surface area (Å²) in [6.07, 6.45) is 5.23. The second kappa shape index (κ2) is 8.92. The van der Waals surface area contributed by atoms with Gasteiger partial charge in [-0.25, -0.2) is 4.39 Å². The van der Waals surface area contributed by atoms with Crippen LogP contribution >= 0.6 is 0 Å². The maximum absolute atomic E-state index is 14.2. The Morgan fingerprint density at radius 3 is 2.31 bits per heavy atom. The first kappa shape index (κ1) is 18.5. The maximum atomic E-state index is 14.2. The summed E-state index contributed by atoms with van der Waals surface area (Å²) in [5, 5.41) is 9.46. The Hall–Kier alpha value is -2.24. The minimum atomic E-state index is -0.176. The number of halogens is 1. The van der Waals surface area contributed by atoms with Gasteiger partial charge >= 0.3 is 0 Å². The van der Waals surface area contributed by atoms with Crippen LogP contribution < -0.4 is 16.0 Å². The summed E-state index contributed by atoms with van der Waals surface area (Å²) in [5.41, 5.74) is 3.40. The minimum Gasteiger partial charge on any atom is -0.329 e. The zero-order valence-corrected chi connectivity index (χ0v) is 15.1. The monoisotopic (exact) mass is 355 g/mol. The third kappa shape index (κ3) is 4.68. The van der Waals surface area contributed by atoms with Crippen molar-refractivity contribution in [2.45, 2.75) is 44.3 Å². The van der Waals surface area contributed by atoms with Crippen LogP contribution in [0.5, 0.6) is 0 Å². The summed E-state index contributed by atoms with van der Waals surface area (Å²) in [7, 11) is 2.01. The van der Waals surface area contributed by atoms with Crippen molar-refractivity contribution < 1.29 is 9.18 Å². The normalized spacial score (nSPS) is 19.9. The highest BCUT2D eigenvalue weighted by molar-refractivity contribution is 5.74. The summed E-state index contributed by atoms with van der Waals surface area (Å²) in [5.74, 6) is -0.176. The molecule has 26 heavy (non-hydrogen) atoms. The van der Waals surface area contributed by atoms with Crippen molar-refractivity contribution in [3.05, 3.63) is 53.8 Å². The molecule has 138 valence electrons. The van der Waals surface area contributed by atoms with Crippen LogP contribution in [0.4, 0.5) is 10.1 Å². The molecule has 0 saturated heterocycles. The lowest BCUT2D eigenvalue weighted by molar-refractivity contribution is -0.105.